The van der Waals surface area contributed by atoms with Gasteiger partial charge in [-0.1, -0.05) is 49.2 Å². The fraction of sp³-hybridized carbons (Fsp3) is 0.357. The number of hydrogen-bond acceptors (Lipinski definition) is 3. The van der Waals surface area contributed by atoms with Gasteiger partial charge in [0, 0.05) is 0 Å². The lowest BCUT2D eigenvalue weighted by Gasteiger charge is -2.58. The highest BCUT2D eigenvalue weighted by Gasteiger charge is 2.56. The Balaban J connectivity index is 0.000000658. The van der Waals surface area contributed by atoms with Crippen molar-refractivity contribution in [1.82, 2.24) is 0 Å². The van der Waals surface area contributed by atoms with Crippen LogP contribution in [0, 0.1) is 17.5 Å². The number of rotatable bonds is 5. The van der Waals surface area contributed by atoms with Crippen LogP contribution in [0.2, 0.25) is 0 Å². The molecule has 3 aromatic rings. The zero-order valence-corrected chi connectivity index (χ0v) is 21.1. The van der Waals surface area contributed by atoms with Crippen LogP contribution >= 0.6 is 0 Å². The first-order valence-electron chi connectivity index (χ1n) is 11.9. The lowest BCUT2D eigenvalue weighted by Crippen LogP contribution is -2.61. The molecule has 1 saturated carbocycles. The molecule has 0 amide bonds. The minimum atomic E-state index is -2.68. The van der Waals surface area contributed by atoms with Crippen molar-refractivity contribution in [3.05, 3.63) is 107 Å². The van der Waals surface area contributed by atoms with Crippen molar-refractivity contribution in [1.29, 1.82) is 0 Å². The highest BCUT2D eigenvalue weighted by Crippen LogP contribution is 2.58. The van der Waals surface area contributed by atoms with E-state index >= 15 is 0 Å². The van der Waals surface area contributed by atoms with E-state index in [9.17, 15) is 23.2 Å². The Hall–Kier alpha value is -2.65. The molecule has 0 bridgehead atoms. The van der Waals surface area contributed by atoms with Crippen LogP contribution in [0.3, 0.4) is 0 Å². The second kappa shape index (κ2) is 11.2. The van der Waals surface area contributed by atoms with Crippen LogP contribution in [-0.2, 0) is 15.7 Å². The largest absolute Gasteiger partial charge is 0.871 e. The van der Waals surface area contributed by atoms with Gasteiger partial charge in [0.25, 0.3) is 0 Å². The molecule has 0 aromatic heterocycles. The van der Waals surface area contributed by atoms with Crippen molar-refractivity contribution in [2.24, 2.45) is 0 Å². The number of benzene rings is 3. The molecule has 192 valence electrons. The van der Waals surface area contributed by atoms with E-state index in [0.717, 1.165) is 4.48 Å². The molecule has 0 radical (unpaired) electrons. The van der Waals surface area contributed by atoms with Crippen molar-refractivity contribution in [2.45, 2.75) is 36.7 Å². The summed E-state index contributed by atoms with van der Waals surface area (Å²) < 4.78 is 49.6. The highest BCUT2D eigenvalue weighted by molar-refractivity contribution is 6.28. The lowest BCUT2D eigenvalue weighted by molar-refractivity contribution is -0.849. The molecule has 1 aliphatic rings. The second-order valence-electron chi connectivity index (χ2n) is 10.6. The molecule has 0 spiro atoms. The molecule has 4 nitrogen and oxygen atoms in total. The molecule has 1 atom stereocenters. The Morgan fingerprint density at radius 1 is 0.694 bits per heavy atom. The van der Waals surface area contributed by atoms with Gasteiger partial charge in [0.2, 0.25) is 0 Å². The Labute approximate surface area is 211 Å². The smallest absolute Gasteiger partial charge is 0.123 e. The third kappa shape index (κ3) is 6.18. The standard InChI is InChI=1S/C24H20BF3O3.C4H12N/c26-20-9-3-6-17(14-20)23(18-7-4-10-21(27)15-18)12-1-2-13-24(23,31-25(29)30)19-8-5-11-22(28)16-19;1-5(2,3)4/h3-11,14-16H,1-2,12-13H2;1-4H3/q-2;+1. The number of quaternary nitrogens is 1. The van der Waals surface area contributed by atoms with Crippen molar-refractivity contribution >= 4 is 7.32 Å². The molecule has 1 unspecified atom stereocenters. The van der Waals surface area contributed by atoms with E-state index in [2.05, 4.69) is 28.2 Å². The van der Waals surface area contributed by atoms with Crippen molar-refractivity contribution in [2.75, 3.05) is 28.2 Å². The van der Waals surface area contributed by atoms with E-state index in [-0.39, 0.29) is 12.0 Å². The van der Waals surface area contributed by atoms with Crippen LogP contribution in [0.25, 0.3) is 0 Å². The van der Waals surface area contributed by atoms with Crippen LogP contribution in [0.1, 0.15) is 42.4 Å². The van der Waals surface area contributed by atoms with E-state index in [0.29, 0.717) is 30.4 Å². The minimum Gasteiger partial charge on any atom is -0.871 e. The molecule has 0 heterocycles. The first-order valence-corrected chi connectivity index (χ1v) is 11.9. The van der Waals surface area contributed by atoms with E-state index in [1.807, 2.05) is 0 Å². The van der Waals surface area contributed by atoms with E-state index in [4.69, 9.17) is 4.65 Å². The second-order valence-corrected chi connectivity index (χ2v) is 10.6. The molecule has 0 N–H and O–H groups in total. The first kappa shape index (κ1) is 27.9. The third-order valence-corrected chi connectivity index (χ3v) is 6.24. The molecule has 4 rings (SSSR count). The molecule has 1 aliphatic carbocycles. The Kier molecular flexibility index (Phi) is 8.67. The van der Waals surface area contributed by atoms with E-state index < -0.39 is 35.8 Å². The SMILES string of the molecule is C[N+](C)(C)C.[O-]B([O-])OC1(c2cccc(F)c2)CCCCC1(c1cccc(F)c1)c1cccc(F)c1. The molecule has 36 heavy (non-hydrogen) atoms. The van der Waals surface area contributed by atoms with Gasteiger partial charge >= 0.3 is 0 Å². The van der Waals surface area contributed by atoms with Gasteiger partial charge in [-0.05, 0) is 65.9 Å². The average molecular weight is 498 g/mol. The fourth-order valence-electron chi connectivity index (χ4n) is 5.13. The summed E-state index contributed by atoms with van der Waals surface area (Å²) >= 11 is 0. The monoisotopic (exact) mass is 498 g/mol. The van der Waals surface area contributed by atoms with Gasteiger partial charge in [-0.3, -0.25) is 0 Å². The summed E-state index contributed by atoms with van der Waals surface area (Å²) in [4.78, 5) is 0. The normalized spacial score (nSPS) is 19.2. The summed E-state index contributed by atoms with van der Waals surface area (Å²) in [7, 11) is 5.82. The summed E-state index contributed by atoms with van der Waals surface area (Å²) in [5.41, 5.74) is -1.73. The zero-order chi connectivity index (χ0) is 26.6. The maximum Gasteiger partial charge on any atom is 0.123 e. The van der Waals surface area contributed by atoms with Crippen LogP contribution in [0.15, 0.2) is 72.8 Å². The van der Waals surface area contributed by atoms with Gasteiger partial charge < -0.3 is 19.2 Å². The topological polar surface area (TPSA) is 55.3 Å². The van der Waals surface area contributed by atoms with Crippen LogP contribution < -0.4 is 10.0 Å². The molecule has 8 heteroatoms. The first-order chi connectivity index (χ1) is 16.9. The van der Waals surface area contributed by atoms with Gasteiger partial charge in [-0.2, -0.15) is 0 Å². The molecule has 0 aliphatic heterocycles. The maximum atomic E-state index is 14.4. The lowest BCUT2D eigenvalue weighted by atomic mass is 9.54. The summed E-state index contributed by atoms with van der Waals surface area (Å²) in [6.07, 6.45) is 1.82. The van der Waals surface area contributed by atoms with Crippen molar-refractivity contribution < 1.29 is 32.4 Å². The molecule has 0 saturated heterocycles. The molecule has 1 fully saturated rings. The van der Waals surface area contributed by atoms with Crippen LogP contribution in [-0.4, -0.2) is 40.0 Å². The maximum absolute atomic E-state index is 14.4. The fourth-order valence-corrected chi connectivity index (χ4v) is 5.13. The predicted octanol–water partition coefficient (Wildman–Crippen LogP) is 3.90. The number of hydrogen-bond donors (Lipinski definition) is 0. The third-order valence-electron chi connectivity index (χ3n) is 6.24. The van der Waals surface area contributed by atoms with E-state index in [1.165, 1.54) is 54.6 Å². The van der Waals surface area contributed by atoms with Crippen LogP contribution in [0.5, 0.6) is 0 Å². The van der Waals surface area contributed by atoms with Crippen molar-refractivity contribution in [3.8, 4) is 0 Å². The quantitative estimate of drug-likeness (QED) is 0.396. The predicted molar refractivity (Wildman–Crippen MR) is 131 cm³/mol. The number of nitrogens with zero attached hydrogens (tertiary/aromatic N) is 1. The average Bonchev–Trinajstić information content (AvgIpc) is 2.78. The van der Waals surface area contributed by atoms with Crippen LogP contribution in [0.4, 0.5) is 13.2 Å². The summed E-state index contributed by atoms with van der Waals surface area (Å²) in [5.74, 6) is -1.60. The van der Waals surface area contributed by atoms with Gasteiger partial charge in [0.05, 0.1) is 46.5 Å². The summed E-state index contributed by atoms with van der Waals surface area (Å²) in [6, 6.07) is 17.1. The minimum absolute atomic E-state index is 0.213. The molecular formula is C28H32BF3NO3-. The van der Waals surface area contributed by atoms with Gasteiger partial charge in [0.1, 0.15) is 17.5 Å². The Morgan fingerprint density at radius 3 is 1.50 bits per heavy atom. The Morgan fingerprint density at radius 2 is 1.08 bits per heavy atom. The highest BCUT2D eigenvalue weighted by atomic mass is 19.1. The van der Waals surface area contributed by atoms with Gasteiger partial charge in [-0.15, -0.1) is 0 Å². The van der Waals surface area contributed by atoms with E-state index in [1.54, 1.807) is 18.2 Å². The molecule has 3 aromatic carbocycles. The molecular weight excluding hydrogens is 466 g/mol. The zero-order valence-electron chi connectivity index (χ0n) is 21.1. The summed E-state index contributed by atoms with van der Waals surface area (Å²) in [6.45, 7) is 0. The van der Waals surface area contributed by atoms with Gasteiger partial charge in [-0.25, -0.2) is 13.2 Å². The Bertz CT molecular complexity index is 1120. The van der Waals surface area contributed by atoms with Crippen molar-refractivity contribution in [3.63, 3.8) is 0 Å². The summed E-state index contributed by atoms with van der Waals surface area (Å²) in [5, 5.41) is 23.8. The number of halogens is 3. The van der Waals surface area contributed by atoms with Gasteiger partial charge in [0.15, 0.2) is 0 Å².